The molecule has 2 aromatic rings. The smallest absolute Gasteiger partial charge is 0.0486 e. The largest absolute Gasteiger partial charge is 0.350 e. The lowest BCUT2D eigenvalue weighted by Crippen LogP contribution is -1.81. The molecule has 1 radical (unpaired) electrons. The zero-order valence-electron chi connectivity index (χ0n) is 6.76. The van der Waals surface area contributed by atoms with Crippen LogP contribution in [0, 0.1) is 13.0 Å². The molecule has 0 aliphatic carbocycles. The van der Waals surface area contributed by atoms with Gasteiger partial charge >= 0.3 is 0 Å². The van der Waals surface area contributed by atoms with Crippen LogP contribution < -0.4 is 0 Å². The van der Waals surface area contributed by atoms with E-state index in [4.69, 9.17) is 0 Å². The third-order valence-corrected chi connectivity index (χ3v) is 2.00. The van der Waals surface area contributed by atoms with E-state index < -0.39 is 0 Å². The first-order valence-electron chi connectivity index (χ1n) is 3.71. The van der Waals surface area contributed by atoms with Gasteiger partial charge in [0.05, 0.1) is 0 Å². The summed E-state index contributed by atoms with van der Waals surface area (Å²) in [5, 5.41) is 1.23. The van der Waals surface area contributed by atoms with E-state index in [-0.39, 0.29) is 0 Å². The highest BCUT2D eigenvalue weighted by atomic mass is 14.9. The monoisotopic (exact) mass is 144 g/mol. The molecule has 0 spiro atoms. The van der Waals surface area contributed by atoms with Gasteiger partial charge in [0.25, 0.3) is 0 Å². The summed E-state index contributed by atoms with van der Waals surface area (Å²) in [5.41, 5.74) is 2.55. The molecular weight excluding hydrogens is 134 g/mol. The molecule has 0 N–H and O–H groups in total. The first-order valence-corrected chi connectivity index (χ1v) is 3.71. The van der Waals surface area contributed by atoms with E-state index in [1.165, 1.54) is 16.5 Å². The van der Waals surface area contributed by atoms with Gasteiger partial charge in [0, 0.05) is 24.1 Å². The summed E-state index contributed by atoms with van der Waals surface area (Å²) in [4.78, 5) is 0. The molecular formula is C10H10N. The lowest BCUT2D eigenvalue weighted by molar-refractivity contribution is 0.964. The van der Waals surface area contributed by atoms with Crippen LogP contribution in [0.3, 0.4) is 0 Å². The van der Waals surface area contributed by atoms with Crippen molar-refractivity contribution < 1.29 is 0 Å². The molecule has 0 aliphatic heterocycles. The second-order valence-electron chi connectivity index (χ2n) is 2.85. The van der Waals surface area contributed by atoms with E-state index in [0.29, 0.717) is 0 Å². The molecule has 0 fully saturated rings. The summed E-state index contributed by atoms with van der Waals surface area (Å²) in [5.74, 6) is 0. The zero-order valence-corrected chi connectivity index (χ0v) is 6.76. The molecule has 0 bridgehead atoms. The van der Waals surface area contributed by atoms with Crippen molar-refractivity contribution in [3.05, 3.63) is 36.0 Å². The summed E-state index contributed by atoms with van der Waals surface area (Å²) >= 11 is 0. The first kappa shape index (κ1) is 6.47. The highest BCUT2D eigenvalue weighted by Gasteiger charge is 1.99. The standard InChI is InChI=1S/C10H10N/c1-8-7-11(2)10-6-4-3-5-9(8)10/h3-4,6-7H,1-2H3. The average molecular weight is 144 g/mol. The maximum Gasteiger partial charge on any atom is 0.0486 e. The normalized spacial score (nSPS) is 10.7. The van der Waals surface area contributed by atoms with E-state index in [1.54, 1.807) is 0 Å². The number of aryl methyl sites for hydroxylation is 2. The van der Waals surface area contributed by atoms with Gasteiger partial charge in [0.1, 0.15) is 0 Å². The highest BCUT2D eigenvalue weighted by Crippen LogP contribution is 2.17. The predicted octanol–water partition coefficient (Wildman–Crippen LogP) is 2.29. The lowest BCUT2D eigenvalue weighted by atomic mass is 10.2. The molecule has 0 aliphatic rings. The van der Waals surface area contributed by atoms with Gasteiger partial charge in [-0.15, -0.1) is 0 Å². The third kappa shape index (κ3) is 0.845. The van der Waals surface area contributed by atoms with Crippen molar-refractivity contribution in [2.24, 2.45) is 7.05 Å². The van der Waals surface area contributed by atoms with Crippen molar-refractivity contribution in [1.82, 2.24) is 4.57 Å². The van der Waals surface area contributed by atoms with Gasteiger partial charge in [-0.25, -0.2) is 0 Å². The summed E-state index contributed by atoms with van der Waals surface area (Å²) in [6.45, 7) is 2.11. The van der Waals surface area contributed by atoms with Crippen LogP contribution in [-0.2, 0) is 7.05 Å². The molecule has 1 aromatic heterocycles. The fraction of sp³-hybridized carbons (Fsp3) is 0.200. The Kier molecular flexibility index (Phi) is 1.25. The summed E-state index contributed by atoms with van der Waals surface area (Å²) in [7, 11) is 2.06. The average Bonchev–Trinajstić information content (AvgIpc) is 2.30. The van der Waals surface area contributed by atoms with Crippen molar-refractivity contribution in [3.63, 3.8) is 0 Å². The number of benzene rings is 1. The zero-order chi connectivity index (χ0) is 7.84. The molecule has 0 unspecified atom stereocenters. The molecule has 1 nitrogen and oxygen atoms in total. The number of fused-ring (bicyclic) bond motifs is 1. The van der Waals surface area contributed by atoms with Crippen LogP contribution in [-0.4, -0.2) is 4.57 Å². The van der Waals surface area contributed by atoms with Gasteiger partial charge in [0.15, 0.2) is 0 Å². The first-order chi connectivity index (χ1) is 5.29. The van der Waals surface area contributed by atoms with E-state index >= 15 is 0 Å². The molecule has 1 aromatic carbocycles. The van der Waals surface area contributed by atoms with Gasteiger partial charge in [-0.05, 0) is 24.6 Å². The van der Waals surface area contributed by atoms with Crippen LogP contribution in [0.4, 0.5) is 0 Å². The van der Waals surface area contributed by atoms with Crippen molar-refractivity contribution in [2.75, 3.05) is 0 Å². The Labute approximate surface area is 66.3 Å². The molecule has 11 heavy (non-hydrogen) atoms. The van der Waals surface area contributed by atoms with Crippen LogP contribution in [0.25, 0.3) is 10.9 Å². The Morgan fingerprint density at radius 3 is 3.00 bits per heavy atom. The second kappa shape index (κ2) is 2.12. The van der Waals surface area contributed by atoms with Gasteiger partial charge in [-0.1, -0.05) is 12.1 Å². The summed E-state index contributed by atoms with van der Waals surface area (Å²) < 4.78 is 2.13. The molecule has 55 valence electrons. The van der Waals surface area contributed by atoms with Crippen LogP contribution in [0.15, 0.2) is 24.4 Å². The summed E-state index contributed by atoms with van der Waals surface area (Å²) in [6, 6.07) is 9.30. The molecule has 1 heterocycles. The molecule has 0 saturated carbocycles. The van der Waals surface area contributed by atoms with E-state index in [1.807, 2.05) is 12.1 Å². The van der Waals surface area contributed by atoms with E-state index in [9.17, 15) is 0 Å². The minimum atomic E-state index is 1.23. The van der Waals surface area contributed by atoms with Crippen LogP contribution in [0.5, 0.6) is 0 Å². The predicted molar refractivity (Wildman–Crippen MR) is 46.5 cm³/mol. The van der Waals surface area contributed by atoms with E-state index in [2.05, 4.69) is 36.9 Å². The van der Waals surface area contributed by atoms with Crippen LogP contribution in [0.1, 0.15) is 5.56 Å². The Bertz CT molecular complexity index is 349. The molecule has 0 saturated heterocycles. The van der Waals surface area contributed by atoms with Gasteiger partial charge in [-0.2, -0.15) is 0 Å². The molecule has 0 amide bonds. The quantitative estimate of drug-likeness (QED) is 0.534. The SMILES string of the molecule is Cc1cn(C)c2ccc[c]c12. The maximum absolute atomic E-state index is 3.22. The van der Waals surface area contributed by atoms with Crippen LogP contribution in [0.2, 0.25) is 0 Å². The number of aromatic nitrogens is 1. The lowest BCUT2D eigenvalue weighted by Gasteiger charge is -1.92. The summed E-state index contributed by atoms with van der Waals surface area (Å²) in [6.07, 6.45) is 2.13. The highest BCUT2D eigenvalue weighted by molar-refractivity contribution is 5.82. The number of nitrogens with zero attached hydrogens (tertiary/aromatic N) is 1. The molecule has 1 heteroatoms. The maximum atomic E-state index is 3.22. The second-order valence-corrected chi connectivity index (χ2v) is 2.85. The minimum absolute atomic E-state index is 1.23. The van der Waals surface area contributed by atoms with Crippen LogP contribution >= 0.6 is 0 Å². The third-order valence-electron chi connectivity index (χ3n) is 2.00. The van der Waals surface area contributed by atoms with Crippen molar-refractivity contribution in [2.45, 2.75) is 6.92 Å². The van der Waals surface area contributed by atoms with Gasteiger partial charge in [-0.3, -0.25) is 0 Å². The van der Waals surface area contributed by atoms with Gasteiger partial charge < -0.3 is 4.57 Å². The van der Waals surface area contributed by atoms with Crippen molar-refractivity contribution in [1.29, 1.82) is 0 Å². The fourth-order valence-corrected chi connectivity index (χ4v) is 1.46. The Balaban J connectivity index is 2.95. The molecule has 2 rings (SSSR count). The van der Waals surface area contributed by atoms with Gasteiger partial charge in [0.2, 0.25) is 0 Å². The number of rotatable bonds is 0. The topological polar surface area (TPSA) is 4.93 Å². The molecule has 0 atom stereocenters. The number of hydrogen-bond donors (Lipinski definition) is 0. The number of hydrogen-bond acceptors (Lipinski definition) is 0. The Morgan fingerprint density at radius 1 is 1.45 bits per heavy atom. The minimum Gasteiger partial charge on any atom is -0.350 e. The van der Waals surface area contributed by atoms with Crippen molar-refractivity contribution in [3.8, 4) is 0 Å². The van der Waals surface area contributed by atoms with E-state index in [0.717, 1.165) is 0 Å². The Hall–Kier alpha value is -1.24. The van der Waals surface area contributed by atoms with Crippen molar-refractivity contribution >= 4 is 10.9 Å². The Morgan fingerprint density at radius 2 is 2.27 bits per heavy atom. The fourth-order valence-electron chi connectivity index (χ4n) is 1.46.